The standard InChI is InChI=1S/C26H22N2O/c1-17(2)19-13-14-27-24(16-19)23-10-6-9-21-22-12-11-20(28-26(22)29-25(21)23)15-18-7-4-3-5-8-18/h3-14,16-17H,15H2,1-2H3/i15D2,17D. The molecule has 3 heteroatoms. The number of furan rings is 1. The molecule has 5 rings (SSSR count). The van der Waals surface area contributed by atoms with E-state index in [1.165, 1.54) is 0 Å². The van der Waals surface area contributed by atoms with E-state index in [9.17, 15) is 0 Å². The summed E-state index contributed by atoms with van der Waals surface area (Å²) in [5, 5.41) is 1.72. The molecule has 2 aromatic carbocycles. The predicted octanol–water partition coefficient (Wildman–Crippen LogP) is 6.76. The second-order valence-electron chi connectivity index (χ2n) is 7.25. The lowest BCUT2D eigenvalue weighted by atomic mass is 10.0. The lowest BCUT2D eigenvalue weighted by molar-refractivity contribution is 0.652. The van der Waals surface area contributed by atoms with Gasteiger partial charge >= 0.3 is 0 Å². The van der Waals surface area contributed by atoms with Crippen LogP contribution in [0.1, 0.15) is 40.7 Å². The van der Waals surface area contributed by atoms with E-state index in [0.29, 0.717) is 22.6 Å². The first-order valence-electron chi connectivity index (χ1n) is 11.1. The molecule has 0 N–H and O–H groups in total. The van der Waals surface area contributed by atoms with Crippen LogP contribution in [0, 0.1) is 0 Å². The maximum Gasteiger partial charge on any atom is 0.227 e. The van der Waals surface area contributed by atoms with Crippen LogP contribution in [0.2, 0.25) is 0 Å². The number of fused-ring (bicyclic) bond motifs is 3. The SMILES string of the molecule is [2H]C(C)(C)c1ccnc(-c2cccc3c2oc2nc(C([2H])([2H])c4ccccc4)ccc23)c1. The van der Waals surface area contributed by atoms with Crippen LogP contribution in [0.25, 0.3) is 33.3 Å². The van der Waals surface area contributed by atoms with Crippen molar-refractivity contribution in [3.63, 3.8) is 0 Å². The average molecular weight is 381 g/mol. The molecular formula is C26H22N2O. The summed E-state index contributed by atoms with van der Waals surface area (Å²) in [5.41, 5.74) is 4.30. The summed E-state index contributed by atoms with van der Waals surface area (Å²) < 4.78 is 31.7. The number of pyridine rings is 2. The Morgan fingerprint density at radius 3 is 2.66 bits per heavy atom. The van der Waals surface area contributed by atoms with Crippen LogP contribution in [0.15, 0.2) is 83.4 Å². The molecule has 0 aliphatic heterocycles. The predicted molar refractivity (Wildman–Crippen MR) is 118 cm³/mol. The fourth-order valence-electron chi connectivity index (χ4n) is 3.51. The van der Waals surface area contributed by atoms with Crippen molar-refractivity contribution in [3.8, 4) is 11.3 Å². The summed E-state index contributed by atoms with van der Waals surface area (Å²) >= 11 is 0. The molecule has 0 saturated carbocycles. The first-order chi connectivity index (χ1) is 15.2. The quantitative estimate of drug-likeness (QED) is 0.345. The average Bonchev–Trinajstić information content (AvgIpc) is 3.17. The van der Waals surface area contributed by atoms with Crippen molar-refractivity contribution < 1.29 is 8.53 Å². The van der Waals surface area contributed by atoms with Gasteiger partial charge in [0.15, 0.2) is 0 Å². The number of rotatable bonds is 4. The zero-order valence-corrected chi connectivity index (χ0v) is 16.3. The van der Waals surface area contributed by atoms with Crippen molar-refractivity contribution in [2.24, 2.45) is 0 Å². The second kappa shape index (κ2) is 7.17. The third-order valence-electron chi connectivity index (χ3n) is 5.02. The van der Waals surface area contributed by atoms with Gasteiger partial charge in [-0.3, -0.25) is 4.98 Å². The van der Waals surface area contributed by atoms with Gasteiger partial charge in [0.25, 0.3) is 0 Å². The fraction of sp³-hybridized carbons (Fsp3) is 0.154. The van der Waals surface area contributed by atoms with E-state index in [2.05, 4.69) is 9.97 Å². The molecule has 0 saturated heterocycles. The topological polar surface area (TPSA) is 38.9 Å². The summed E-state index contributed by atoms with van der Waals surface area (Å²) in [4.78, 5) is 9.08. The van der Waals surface area contributed by atoms with Crippen molar-refractivity contribution in [2.75, 3.05) is 0 Å². The molecule has 3 nitrogen and oxygen atoms in total. The molecular weight excluding hydrogens is 356 g/mol. The molecule has 142 valence electrons. The largest absolute Gasteiger partial charge is 0.437 e. The highest BCUT2D eigenvalue weighted by Crippen LogP contribution is 2.35. The summed E-state index contributed by atoms with van der Waals surface area (Å²) in [6.07, 6.45) is -0.0277. The molecule has 3 heterocycles. The normalized spacial score (nSPS) is 13.9. The van der Waals surface area contributed by atoms with Crippen LogP contribution >= 0.6 is 0 Å². The van der Waals surface area contributed by atoms with Crippen LogP contribution in [-0.2, 0) is 6.37 Å². The number of hydrogen-bond acceptors (Lipinski definition) is 3. The van der Waals surface area contributed by atoms with Gasteiger partial charge in [0.05, 0.1) is 5.69 Å². The summed E-state index contributed by atoms with van der Waals surface area (Å²) in [7, 11) is 0. The molecule has 0 amide bonds. The number of hydrogen-bond donors (Lipinski definition) is 0. The van der Waals surface area contributed by atoms with Gasteiger partial charge in [0.1, 0.15) is 5.58 Å². The van der Waals surface area contributed by atoms with Gasteiger partial charge in [0, 0.05) is 38.7 Å². The van der Waals surface area contributed by atoms with Gasteiger partial charge < -0.3 is 4.42 Å². The minimum atomic E-state index is -1.74. The molecule has 0 aliphatic rings. The number of para-hydroxylation sites is 1. The third-order valence-corrected chi connectivity index (χ3v) is 5.02. The van der Waals surface area contributed by atoms with Crippen LogP contribution in [0.5, 0.6) is 0 Å². The van der Waals surface area contributed by atoms with E-state index in [1.54, 1.807) is 24.4 Å². The van der Waals surface area contributed by atoms with Crippen LogP contribution in [0.4, 0.5) is 0 Å². The molecule has 29 heavy (non-hydrogen) atoms. The Balaban J connectivity index is 1.67. The van der Waals surface area contributed by atoms with Crippen molar-refractivity contribution in [1.29, 1.82) is 0 Å². The zero-order chi connectivity index (χ0) is 22.5. The first-order valence-corrected chi connectivity index (χ1v) is 9.60. The Bertz CT molecular complexity index is 1440. The highest BCUT2D eigenvalue weighted by Gasteiger charge is 2.15. The molecule has 0 fully saturated rings. The van der Waals surface area contributed by atoms with E-state index in [-0.39, 0.29) is 0 Å². The number of aromatic nitrogens is 2. The van der Waals surface area contributed by atoms with Gasteiger partial charge in [-0.05, 0) is 47.4 Å². The third kappa shape index (κ3) is 3.29. The van der Waals surface area contributed by atoms with Crippen LogP contribution in [-0.4, -0.2) is 9.97 Å². The molecule has 0 atom stereocenters. The zero-order valence-electron chi connectivity index (χ0n) is 19.3. The Morgan fingerprint density at radius 2 is 1.83 bits per heavy atom. The monoisotopic (exact) mass is 381 g/mol. The maximum absolute atomic E-state index is 8.61. The molecule has 0 unspecified atom stereocenters. The lowest BCUT2D eigenvalue weighted by Gasteiger charge is -2.07. The second-order valence-corrected chi connectivity index (χ2v) is 7.25. The molecule has 3 aromatic heterocycles. The van der Waals surface area contributed by atoms with E-state index >= 15 is 0 Å². The minimum Gasteiger partial charge on any atom is -0.437 e. The van der Waals surface area contributed by atoms with E-state index in [4.69, 9.17) is 8.53 Å². The first kappa shape index (κ1) is 14.5. The summed E-state index contributed by atoms with van der Waals surface area (Å²) in [5.74, 6) is -0.737. The van der Waals surface area contributed by atoms with Gasteiger partial charge in [-0.2, -0.15) is 0 Å². The van der Waals surface area contributed by atoms with Crippen molar-refractivity contribution >= 4 is 22.1 Å². The van der Waals surface area contributed by atoms with E-state index in [0.717, 1.165) is 27.6 Å². The van der Waals surface area contributed by atoms with Gasteiger partial charge in [0.2, 0.25) is 5.71 Å². The van der Waals surface area contributed by atoms with Crippen molar-refractivity contribution in [2.45, 2.75) is 26.1 Å². The smallest absolute Gasteiger partial charge is 0.227 e. The van der Waals surface area contributed by atoms with E-state index < -0.39 is 12.3 Å². The molecule has 0 bridgehead atoms. The van der Waals surface area contributed by atoms with Gasteiger partial charge in [-0.1, -0.05) is 56.3 Å². The highest BCUT2D eigenvalue weighted by atomic mass is 16.3. The fourth-order valence-corrected chi connectivity index (χ4v) is 3.51. The van der Waals surface area contributed by atoms with Crippen molar-refractivity contribution in [1.82, 2.24) is 9.97 Å². The molecule has 0 radical (unpaired) electrons. The Labute approximate surface area is 174 Å². The number of nitrogens with zero attached hydrogens (tertiary/aromatic N) is 2. The van der Waals surface area contributed by atoms with Crippen molar-refractivity contribution in [3.05, 3.63) is 95.8 Å². The minimum absolute atomic E-state index is 0.299. The molecule has 5 aromatic rings. The summed E-state index contributed by atoms with van der Waals surface area (Å²) in [6.45, 7) is 3.69. The Kier molecular flexibility index (Phi) is 3.59. The maximum atomic E-state index is 8.61. The highest BCUT2D eigenvalue weighted by molar-refractivity contribution is 6.08. The van der Waals surface area contributed by atoms with Gasteiger partial charge in [-0.25, -0.2) is 4.98 Å². The van der Waals surface area contributed by atoms with Gasteiger partial charge in [-0.15, -0.1) is 0 Å². The molecule has 0 spiro atoms. The molecule has 0 aliphatic carbocycles. The van der Waals surface area contributed by atoms with Crippen LogP contribution in [0.3, 0.4) is 0 Å². The lowest BCUT2D eigenvalue weighted by Crippen LogP contribution is -1.91. The Hall–Kier alpha value is -3.46. The Morgan fingerprint density at radius 1 is 0.966 bits per heavy atom. The number of benzene rings is 2. The van der Waals surface area contributed by atoms with E-state index in [1.807, 2.05) is 68.4 Å². The van der Waals surface area contributed by atoms with Crippen LogP contribution < -0.4 is 0 Å². The summed E-state index contributed by atoms with van der Waals surface area (Å²) in [6, 6.07) is 22.2.